The van der Waals surface area contributed by atoms with E-state index >= 15 is 0 Å². The summed E-state index contributed by atoms with van der Waals surface area (Å²) in [6.07, 6.45) is -4.36. The van der Waals surface area contributed by atoms with Gasteiger partial charge in [-0.05, 0) is 60.1 Å². The summed E-state index contributed by atoms with van der Waals surface area (Å²) < 4.78 is 38.1. The van der Waals surface area contributed by atoms with Crippen molar-refractivity contribution in [2.45, 2.75) is 19.1 Å². The number of halogens is 3. The number of aryl methyl sites for hydroxylation is 1. The first-order valence-corrected chi connectivity index (χ1v) is 9.10. The second kappa shape index (κ2) is 8.44. The number of anilines is 1. The standard InChI is InChI=1S/C22H19F3N2S/c1-15-7-5-6-10-19(15)20(16-8-3-2-4-9-16)27-21(28)26-18-13-11-17(12-14-18)22(23,24)25/h2-14,20H,1H3,(H2,26,27,28)/t20-/m0/s1. The molecule has 0 aliphatic heterocycles. The van der Waals surface area contributed by atoms with Crippen LogP contribution in [0.4, 0.5) is 18.9 Å². The van der Waals surface area contributed by atoms with Crippen LogP contribution in [0.3, 0.4) is 0 Å². The molecule has 0 amide bonds. The lowest BCUT2D eigenvalue weighted by atomic mass is 9.95. The third-order valence-corrected chi connectivity index (χ3v) is 4.60. The highest BCUT2D eigenvalue weighted by Crippen LogP contribution is 2.30. The van der Waals surface area contributed by atoms with Crippen LogP contribution in [0.1, 0.15) is 28.3 Å². The quantitative estimate of drug-likeness (QED) is 0.518. The Bertz CT molecular complexity index is 938. The van der Waals surface area contributed by atoms with Crippen molar-refractivity contribution in [1.82, 2.24) is 5.32 Å². The SMILES string of the molecule is Cc1ccccc1[C@@H](NC(=S)Nc1ccc(C(F)(F)F)cc1)c1ccccc1. The predicted molar refractivity (Wildman–Crippen MR) is 110 cm³/mol. The van der Waals surface area contributed by atoms with E-state index < -0.39 is 11.7 Å². The number of rotatable bonds is 4. The van der Waals surface area contributed by atoms with Gasteiger partial charge in [0.05, 0.1) is 11.6 Å². The molecule has 0 aliphatic carbocycles. The van der Waals surface area contributed by atoms with Gasteiger partial charge in [0.15, 0.2) is 5.11 Å². The Morgan fingerprint density at radius 2 is 1.46 bits per heavy atom. The fraction of sp³-hybridized carbons (Fsp3) is 0.136. The fourth-order valence-electron chi connectivity index (χ4n) is 2.94. The number of hydrogen-bond acceptors (Lipinski definition) is 1. The number of thiocarbonyl (C=S) groups is 1. The van der Waals surface area contributed by atoms with Crippen molar-refractivity contribution in [2.24, 2.45) is 0 Å². The number of nitrogens with one attached hydrogen (secondary N) is 2. The topological polar surface area (TPSA) is 24.1 Å². The lowest BCUT2D eigenvalue weighted by molar-refractivity contribution is -0.137. The molecule has 28 heavy (non-hydrogen) atoms. The molecule has 3 aromatic rings. The average Bonchev–Trinajstić information content (AvgIpc) is 2.67. The third-order valence-electron chi connectivity index (χ3n) is 4.38. The van der Waals surface area contributed by atoms with Crippen LogP contribution in [-0.2, 0) is 6.18 Å². The van der Waals surface area contributed by atoms with Crippen molar-refractivity contribution >= 4 is 23.0 Å². The van der Waals surface area contributed by atoms with Crippen molar-refractivity contribution in [3.8, 4) is 0 Å². The van der Waals surface area contributed by atoms with Crippen molar-refractivity contribution in [1.29, 1.82) is 0 Å². The first kappa shape index (κ1) is 19.9. The summed E-state index contributed by atoms with van der Waals surface area (Å²) in [4.78, 5) is 0. The van der Waals surface area contributed by atoms with Crippen LogP contribution >= 0.6 is 12.2 Å². The molecular formula is C22H19F3N2S. The maximum atomic E-state index is 12.7. The molecule has 144 valence electrons. The van der Waals surface area contributed by atoms with Gasteiger partial charge in [-0.15, -0.1) is 0 Å². The van der Waals surface area contributed by atoms with Crippen LogP contribution in [0.5, 0.6) is 0 Å². The van der Waals surface area contributed by atoms with Crippen LogP contribution in [0, 0.1) is 6.92 Å². The molecule has 6 heteroatoms. The molecule has 0 spiro atoms. The molecule has 0 saturated heterocycles. The summed E-state index contributed by atoms with van der Waals surface area (Å²) in [5, 5.41) is 6.58. The third kappa shape index (κ3) is 4.89. The zero-order valence-corrected chi connectivity index (χ0v) is 15.9. The second-order valence-corrected chi connectivity index (χ2v) is 6.78. The van der Waals surface area contributed by atoms with E-state index in [0.717, 1.165) is 28.8 Å². The molecule has 0 radical (unpaired) electrons. The molecule has 0 aromatic heterocycles. The minimum Gasteiger partial charge on any atom is -0.352 e. The average molecular weight is 400 g/mol. The van der Waals surface area contributed by atoms with E-state index in [2.05, 4.69) is 10.6 Å². The molecule has 1 atom stereocenters. The summed E-state index contributed by atoms with van der Waals surface area (Å²) in [5.41, 5.74) is 3.01. The van der Waals surface area contributed by atoms with Crippen molar-refractivity contribution in [2.75, 3.05) is 5.32 Å². The van der Waals surface area contributed by atoms with E-state index in [1.165, 1.54) is 12.1 Å². The first-order chi connectivity index (χ1) is 13.3. The Morgan fingerprint density at radius 1 is 0.857 bits per heavy atom. The molecule has 0 bridgehead atoms. The van der Waals surface area contributed by atoms with Gasteiger partial charge in [0.25, 0.3) is 0 Å². The second-order valence-electron chi connectivity index (χ2n) is 6.37. The van der Waals surface area contributed by atoms with Gasteiger partial charge >= 0.3 is 6.18 Å². The minimum atomic E-state index is -4.36. The van der Waals surface area contributed by atoms with Crippen LogP contribution in [0.15, 0.2) is 78.9 Å². The Hall–Kier alpha value is -2.86. The summed E-state index contributed by atoms with van der Waals surface area (Å²) >= 11 is 5.42. The summed E-state index contributed by atoms with van der Waals surface area (Å²) in [5.74, 6) is 0. The lowest BCUT2D eigenvalue weighted by Crippen LogP contribution is -2.33. The van der Waals surface area contributed by atoms with E-state index in [1.54, 1.807) is 0 Å². The normalized spacial score (nSPS) is 12.3. The van der Waals surface area contributed by atoms with E-state index in [9.17, 15) is 13.2 Å². The Morgan fingerprint density at radius 3 is 2.07 bits per heavy atom. The van der Waals surface area contributed by atoms with Crippen molar-refractivity contribution in [3.63, 3.8) is 0 Å². The predicted octanol–water partition coefficient (Wildman–Crippen LogP) is 6.09. The van der Waals surface area contributed by atoms with Gasteiger partial charge in [0, 0.05) is 5.69 Å². The molecule has 3 rings (SSSR count). The molecule has 0 saturated carbocycles. The number of benzene rings is 3. The van der Waals surface area contributed by atoms with Gasteiger partial charge in [-0.3, -0.25) is 0 Å². The number of hydrogen-bond donors (Lipinski definition) is 2. The molecular weight excluding hydrogens is 381 g/mol. The summed E-state index contributed by atoms with van der Waals surface area (Å²) in [6.45, 7) is 2.03. The van der Waals surface area contributed by atoms with Crippen molar-refractivity contribution in [3.05, 3.63) is 101 Å². The summed E-state index contributed by atoms with van der Waals surface area (Å²) in [7, 11) is 0. The van der Waals surface area contributed by atoms with Crippen LogP contribution < -0.4 is 10.6 Å². The first-order valence-electron chi connectivity index (χ1n) is 8.70. The van der Waals surface area contributed by atoms with Gasteiger partial charge in [-0.25, -0.2) is 0 Å². The largest absolute Gasteiger partial charge is 0.416 e. The zero-order chi connectivity index (χ0) is 20.1. The molecule has 0 aliphatic rings. The molecule has 3 aromatic carbocycles. The molecule has 0 unspecified atom stereocenters. The highest BCUT2D eigenvalue weighted by Gasteiger charge is 2.30. The highest BCUT2D eigenvalue weighted by atomic mass is 32.1. The maximum absolute atomic E-state index is 12.7. The molecule has 2 N–H and O–H groups in total. The van der Waals surface area contributed by atoms with E-state index in [0.29, 0.717) is 10.8 Å². The van der Waals surface area contributed by atoms with Crippen LogP contribution in [-0.4, -0.2) is 5.11 Å². The maximum Gasteiger partial charge on any atom is 0.416 e. The Balaban J connectivity index is 1.79. The van der Waals surface area contributed by atoms with Crippen LogP contribution in [0.2, 0.25) is 0 Å². The van der Waals surface area contributed by atoms with Crippen molar-refractivity contribution < 1.29 is 13.2 Å². The van der Waals surface area contributed by atoms with Gasteiger partial charge in [0.1, 0.15) is 0 Å². The smallest absolute Gasteiger partial charge is 0.352 e. The number of alkyl halides is 3. The molecule has 0 fully saturated rings. The highest BCUT2D eigenvalue weighted by molar-refractivity contribution is 7.80. The van der Waals surface area contributed by atoms with Gasteiger partial charge < -0.3 is 10.6 Å². The van der Waals surface area contributed by atoms with E-state index in [1.807, 2.05) is 61.5 Å². The minimum absolute atomic E-state index is 0.183. The Kier molecular flexibility index (Phi) is 5.99. The summed E-state index contributed by atoms with van der Waals surface area (Å²) in [6, 6.07) is 22.4. The molecule has 0 heterocycles. The lowest BCUT2D eigenvalue weighted by Gasteiger charge is -2.23. The zero-order valence-electron chi connectivity index (χ0n) is 15.1. The van der Waals surface area contributed by atoms with E-state index in [4.69, 9.17) is 12.2 Å². The van der Waals surface area contributed by atoms with Gasteiger partial charge in [0.2, 0.25) is 0 Å². The fourth-order valence-corrected chi connectivity index (χ4v) is 3.17. The monoisotopic (exact) mass is 400 g/mol. The van der Waals surface area contributed by atoms with Crippen LogP contribution in [0.25, 0.3) is 0 Å². The molecule has 2 nitrogen and oxygen atoms in total. The van der Waals surface area contributed by atoms with E-state index in [-0.39, 0.29) is 6.04 Å². The van der Waals surface area contributed by atoms with Gasteiger partial charge in [-0.2, -0.15) is 13.2 Å². The Labute approximate surface area is 167 Å². The van der Waals surface area contributed by atoms with Gasteiger partial charge in [-0.1, -0.05) is 54.6 Å².